The van der Waals surface area contributed by atoms with Crippen molar-refractivity contribution in [3.63, 3.8) is 0 Å². The molecule has 3 N–H and O–H groups in total. The van der Waals surface area contributed by atoms with Gasteiger partial charge in [0.1, 0.15) is 12.4 Å². The number of ether oxygens (including phenoxy) is 1. The van der Waals surface area contributed by atoms with Crippen molar-refractivity contribution >= 4 is 29.1 Å². The maximum atomic E-state index is 11.2. The molecule has 1 amide bonds. The van der Waals surface area contributed by atoms with Gasteiger partial charge in [0.15, 0.2) is 0 Å². The van der Waals surface area contributed by atoms with Crippen LogP contribution in [-0.2, 0) is 4.79 Å². The van der Waals surface area contributed by atoms with Gasteiger partial charge in [0.2, 0.25) is 5.91 Å². The van der Waals surface area contributed by atoms with Gasteiger partial charge in [0.25, 0.3) is 0 Å². The number of benzene rings is 2. The monoisotopic (exact) mass is 294 g/mol. The molecule has 2 aromatic rings. The molecule has 4 nitrogen and oxygen atoms in total. The SMILES string of the molecule is C[C@@H](N)C(=O)NCCOc1ccc2ccccc2c1.Cl. The normalized spacial score (nSPS) is 11.5. The van der Waals surface area contributed by atoms with Crippen molar-refractivity contribution in [3.05, 3.63) is 42.5 Å². The zero-order valence-corrected chi connectivity index (χ0v) is 12.2. The van der Waals surface area contributed by atoms with E-state index in [1.807, 2.05) is 36.4 Å². The highest BCUT2D eigenvalue weighted by Gasteiger charge is 2.05. The summed E-state index contributed by atoms with van der Waals surface area (Å²) < 4.78 is 5.59. The molecule has 0 heterocycles. The largest absolute Gasteiger partial charge is 0.492 e. The van der Waals surface area contributed by atoms with Crippen molar-refractivity contribution in [2.75, 3.05) is 13.2 Å². The first-order valence-corrected chi connectivity index (χ1v) is 6.32. The number of nitrogens with two attached hydrogens (primary N) is 1. The standard InChI is InChI=1S/C15H18N2O2.ClH/c1-11(16)15(18)17-8-9-19-14-7-6-12-4-2-3-5-13(12)10-14;/h2-7,10-11H,8-9,16H2,1H3,(H,17,18);1H/t11-;/m1./s1. The molecule has 0 aliphatic rings. The maximum Gasteiger partial charge on any atom is 0.236 e. The van der Waals surface area contributed by atoms with E-state index >= 15 is 0 Å². The summed E-state index contributed by atoms with van der Waals surface area (Å²) >= 11 is 0. The van der Waals surface area contributed by atoms with Crippen LogP contribution in [0.15, 0.2) is 42.5 Å². The number of amides is 1. The second-order valence-corrected chi connectivity index (χ2v) is 4.44. The van der Waals surface area contributed by atoms with Gasteiger partial charge in [-0.1, -0.05) is 30.3 Å². The van der Waals surface area contributed by atoms with Gasteiger partial charge < -0.3 is 15.8 Å². The van der Waals surface area contributed by atoms with Crippen molar-refractivity contribution < 1.29 is 9.53 Å². The molecule has 20 heavy (non-hydrogen) atoms. The van der Waals surface area contributed by atoms with Gasteiger partial charge in [-0.3, -0.25) is 4.79 Å². The predicted molar refractivity (Wildman–Crippen MR) is 83.4 cm³/mol. The van der Waals surface area contributed by atoms with Crippen molar-refractivity contribution in [1.82, 2.24) is 5.32 Å². The third kappa shape index (κ3) is 4.40. The number of rotatable bonds is 5. The third-order valence-electron chi connectivity index (χ3n) is 2.80. The molecular formula is C15H19ClN2O2. The fourth-order valence-electron chi connectivity index (χ4n) is 1.76. The number of carbonyl (C=O) groups is 1. The van der Waals surface area contributed by atoms with E-state index in [0.717, 1.165) is 11.1 Å². The lowest BCUT2D eigenvalue weighted by atomic mass is 10.1. The highest BCUT2D eigenvalue weighted by atomic mass is 35.5. The zero-order valence-electron chi connectivity index (χ0n) is 11.3. The molecule has 0 aliphatic carbocycles. The summed E-state index contributed by atoms with van der Waals surface area (Å²) in [5.74, 6) is 0.635. The van der Waals surface area contributed by atoms with Crippen LogP contribution >= 0.6 is 12.4 Å². The van der Waals surface area contributed by atoms with Crippen molar-refractivity contribution in [2.24, 2.45) is 5.73 Å². The summed E-state index contributed by atoms with van der Waals surface area (Å²) in [6, 6.07) is 13.5. The summed E-state index contributed by atoms with van der Waals surface area (Å²) in [7, 11) is 0. The minimum Gasteiger partial charge on any atom is -0.492 e. The first-order valence-electron chi connectivity index (χ1n) is 6.32. The van der Waals surface area contributed by atoms with Crippen LogP contribution < -0.4 is 15.8 Å². The molecule has 0 aromatic heterocycles. The molecule has 0 fully saturated rings. The second kappa shape index (κ2) is 7.72. The molecule has 1 atom stereocenters. The Bertz CT molecular complexity index is 573. The van der Waals surface area contributed by atoms with Gasteiger partial charge in [-0.05, 0) is 29.8 Å². The Hall–Kier alpha value is -1.78. The van der Waals surface area contributed by atoms with Crippen LogP contribution in [0.2, 0.25) is 0 Å². The first-order chi connectivity index (χ1) is 9.16. The molecular weight excluding hydrogens is 276 g/mol. The van der Waals surface area contributed by atoms with Crippen LogP contribution in [-0.4, -0.2) is 25.1 Å². The van der Waals surface area contributed by atoms with Gasteiger partial charge in [-0.25, -0.2) is 0 Å². The molecule has 2 aromatic carbocycles. The average molecular weight is 295 g/mol. The smallest absolute Gasteiger partial charge is 0.236 e. The van der Waals surface area contributed by atoms with E-state index in [4.69, 9.17) is 10.5 Å². The van der Waals surface area contributed by atoms with Gasteiger partial charge >= 0.3 is 0 Å². The second-order valence-electron chi connectivity index (χ2n) is 4.44. The van der Waals surface area contributed by atoms with E-state index in [1.54, 1.807) is 6.92 Å². The number of nitrogens with one attached hydrogen (secondary N) is 1. The summed E-state index contributed by atoms with van der Waals surface area (Å²) in [5, 5.41) is 5.02. The third-order valence-corrected chi connectivity index (χ3v) is 2.80. The summed E-state index contributed by atoms with van der Waals surface area (Å²) in [6.07, 6.45) is 0. The van der Waals surface area contributed by atoms with Crippen LogP contribution in [0, 0.1) is 0 Å². The maximum absolute atomic E-state index is 11.2. The Morgan fingerprint density at radius 3 is 2.65 bits per heavy atom. The molecule has 108 valence electrons. The van der Waals surface area contributed by atoms with Crippen LogP contribution in [0.25, 0.3) is 10.8 Å². The Labute approximate surface area is 124 Å². The average Bonchev–Trinajstić information content (AvgIpc) is 2.43. The first kappa shape index (κ1) is 16.3. The number of halogens is 1. The highest BCUT2D eigenvalue weighted by molar-refractivity contribution is 5.85. The fourth-order valence-corrected chi connectivity index (χ4v) is 1.76. The fraction of sp³-hybridized carbons (Fsp3) is 0.267. The molecule has 2 rings (SSSR count). The number of fused-ring (bicyclic) bond motifs is 1. The summed E-state index contributed by atoms with van der Waals surface area (Å²) in [6.45, 7) is 2.53. The van der Waals surface area contributed by atoms with E-state index in [1.165, 1.54) is 5.39 Å². The Balaban J connectivity index is 0.00000200. The predicted octanol–water partition coefficient (Wildman–Crippen LogP) is 2.10. The summed E-state index contributed by atoms with van der Waals surface area (Å²) in [4.78, 5) is 11.2. The molecule has 0 unspecified atom stereocenters. The van der Waals surface area contributed by atoms with Gasteiger partial charge in [0.05, 0.1) is 12.6 Å². The lowest BCUT2D eigenvalue weighted by molar-refractivity contribution is -0.122. The topological polar surface area (TPSA) is 64.4 Å². The van der Waals surface area contributed by atoms with Crippen LogP contribution in [0.4, 0.5) is 0 Å². The lowest BCUT2D eigenvalue weighted by Crippen LogP contribution is -2.40. The lowest BCUT2D eigenvalue weighted by Gasteiger charge is -2.09. The molecule has 0 saturated heterocycles. The molecule has 0 spiro atoms. The van der Waals surface area contributed by atoms with E-state index in [9.17, 15) is 4.79 Å². The van der Waals surface area contributed by atoms with E-state index in [0.29, 0.717) is 13.2 Å². The Morgan fingerprint density at radius 1 is 1.25 bits per heavy atom. The number of hydrogen-bond acceptors (Lipinski definition) is 3. The zero-order chi connectivity index (χ0) is 13.7. The van der Waals surface area contributed by atoms with E-state index < -0.39 is 6.04 Å². The molecule has 0 bridgehead atoms. The van der Waals surface area contributed by atoms with E-state index in [2.05, 4.69) is 11.4 Å². The Kier molecular flexibility index (Phi) is 6.28. The minimum absolute atomic E-state index is 0. The molecule has 0 aliphatic heterocycles. The van der Waals surface area contributed by atoms with Crippen molar-refractivity contribution in [2.45, 2.75) is 13.0 Å². The Morgan fingerprint density at radius 2 is 1.95 bits per heavy atom. The summed E-state index contributed by atoms with van der Waals surface area (Å²) in [5.41, 5.74) is 5.44. The number of hydrogen-bond donors (Lipinski definition) is 2. The van der Waals surface area contributed by atoms with Crippen molar-refractivity contribution in [1.29, 1.82) is 0 Å². The molecule has 5 heteroatoms. The van der Waals surface area contributed by atoms with E-state index in [-0.39, 0.29) is 18.3 Å². The van der Waals surface area contributed by atoms with Crippen LogP contribution in [0.3, 0.4) is 0 Å². The van der Waals surface area contributed by atoms with Crippen LogP contribution in [0.5, 0.6) is 5.75 Å². The van der Waals surface area contributed by atoms with Gasteiger partial charge in [-0.15, -0.1) is 12.4 Å². The number of carbonyl (C=O) groups excluding carboxylic acids is 1. The highest BCUT2D eigenvalue weighted by Crippen LogP contribution is 2.20. The van der Waals surface area contributed by atoms with Crippen molar-refractivity contribution in [3.8, 4) is 5.75 Å². The molecule has 0 radical (unpaired) electrons. The minimum atomic E-state index is -0.485. The van der Waals surface area contributed by atoms with Gasteiger partial charge in [-0.2, -0.15) is 0 Å². The van der Waals surface area contributed by atoms with Gasteiger partial charge in [0, 0.05) is 0 Å². The quantitative estimate of drug-likeness (QED) is 0.830. The van der Waals surface area contributed by atoms with Crippen LogP contribution in [0.1, 0.15) is 6.92 Å². The molecule has 0 saturated carbocycles.